The zero-order chi connectivity index (χ0) is 26.6. The number of hydrogen-bond acceptors (Lipinski definition) is 5. The van der Waals surface area contributed by atoms with Crippen molar-refractivity contribution in [2.45, 2.75) is 13.5 Å². The van der Waals surface area contributed by atoms with Crippen LogP contribution >= 0.6 is 22.6 Å². The summed E-state index contributed by atoms with van der Waals surface area (Å²) < 4.78 is 12.8. The number of hydrogen-bond donors (Lipinski definition) is 1. The van der Waals surface area contributed by atoms with Crippen LogP contribution in [0.25, 0.3) is 16.8 Å². The van der Waals surface area contributed by atoms with E-state index < -0.39 is 17.8 Å². The first-order valence-electron chi connectivity index (χ1n) is 12.0. The second-order valence-corrected chi connectivity index (χ2v) is 9.69. The van der Waals surface area contributed by atoms with Gasteiger partial charge in [0.25, 0.3) is 11.8 Å². The molecule has 4 amide bonds. The van der Waals surface area contributed by atoms with Crippen molar-refractivity contribution in [2.75, 3.05) is 11.5 Å². The number of urea groups is 1. The molecule has 1 aliphatic rings. The van der Waals surface area contributed by atoms with Crippen molar-refractivity contribution < 1.29 is 23.9 Å². The Labute approximate surface area is 233 Å². The van der Waals surface area contributed by atoms with Crippen molar-refractivity contribution >= 4 is 63.0 Å². The molecule has 0 aliphatic carbocycles. The monoisotopic (exact) mass is 618 g/mol. The summed E-state index contributed by atoms with van der Waals surface area (Å²) in [4.78, 5) is 39.2. The van der Waals surface area contributed by atoms with Crippen LogP contribution in [0.3, 0.4) is 0 Å². The fourth-order valence-corrected chi connectivity index (χ4v) is 4.98. The molecule has 1 saturated heterocycles. The molecule has 0 aromatic heterocycles. The molecule has 8 heteroatoms. The molecule has 1 aliphatic heterocycles. The Morgan fingerprint density at radius 1 is 0.868 bits per heavy atom. The number of barbiturate groups is 1. The van der Waals surface area contributed by atoms with Gasteiger partial charge in [-0.2, -0.15) is 0 Å². The third-order valence-corrected chi connectivity index (χ3v) is 6.76. The lowest BCUT2D eigenvalue weighted by atomic mass is 10.1. The maximum absolute atomic E-state index is 13.2. The lowest BCUT2D eigenvalue weighted by molar-refractivity contribution is -0.122. The van der Waals surface area contributed by atoms with E-state index in [2.05, 4.69) is 52.2 Å². The number of nitrogens with zero attached hydrogens (tertiary/aromatic N) is 1. The van der Waals surface area contributed by atoms with Gasteiger partial charge < -0.3 is 9.47 Å². The highest BCUT2D eigenvalue weighted by Crippen LogP contribution is 2.36. The average Bonchev–Trinajstić information content (AvgIpc) is 2.91. The molecule has 0 spiro atoms. The fraction of sp³-hybridized carbons (Fsp3) is 0.100. The largest absolute Gasteiger partial charge is 0.490 e. The highest BCUT2D eigenvalue weighted by Gasteiger charge is 2.36. The summed E-state index contributed by atoms with van der Waals surface area (Å²) in [6.45, 7) is 2.61. The predicted octanol–water partition coefficient (Wildman–Crippen LogP) is 6.09. The molecule has 4 aromatic carbocycles. The molecule has 0 atom stereocenters. The van der Waals surface area contributed by atoms with Gasteiger partial charge in [-0.1, -0.05) is 54.6 Å². The van der Waals surface area contributed by atoms with Gasteiger partial charge in [0.05, 0.1) is 15.9 Å². The van der Waals surface area contributed by atoms with Crippen molar-refractivity contribution in [3.8, 4) is 11.5 Å². The minimum Gasteiger partial charge on any atom is -0.490 e. The summed E-state index contributed by atoms with van der Waals surface area (Å²) in [6, 6.07) is 25.5. The first kappa shape index (κ1) is 25.5. The number of anilines is 1. The zero-order valence-electron chi connectivity index (χ0n) is 20.4. The van der Waals surface area contributed by atoms with Crippen LogP contribution in [0.5, 0.6) is 11.5 Å². The third kappa shape index (κ3) is 5.26. The first-order chi connectivity index (χ1) is 18.4. The third-order valence-electron chi connectivity index (χ3n) is 5.96. The highest BCUT2D eigenvalue weighted by atomic mass is 127. The number of benzene rings is 4. The van der Waals surface area contributed by atoms with E-state index in [1.165, 1.54) is 6.08 Å². The van der Waals surface area contributed by atoms with Gasteiger partial charge >= 0.3 is 6.03 Å². The van der Waals surface area contributed by atoms with Gasteiger partial charge in [-0.3, -0.25) is 14.9 Å². The second kappa shape index (κ2) is 11.1. The van der Waals surface area contributed by atoms with Gasteiger partial charge in [0.15, 0.2) is 11.5 Å². The van der Waals surface area contributed by atoms with E-state index in [0.29, 0.717) is 36.0 Å². The minimum absolute atomic E-state index is 0.156. The summed E-state index contributed by atoms with van der Waals surface area (Å²) in [5.74, 6) is -0.388. The zero-order valence-corrected chi connectivity index (χ0v) is 22.6. The maximum Gasteiger partial charge on any atom is 0.335 e. The van der Waals surface area contributed by atoms with Gasteiger partial charge in [0, 0.05) is 0 Å². The van der Waals surface area contributed by atoms with Gasteiger partial charge in [-0.25, -0.2) is 9.69 Å². The molecule has 38 heavy (non-hydrogen) atoms. The number of carbonyl (C=O) groups is 3. The summed E-state index contributed by atoms with van der Waals surface area (Å²) >= 11 is 2.15. The van der Waals surface area contributed by atoms with E-state index >= 15 is 0 Å². The van der Waals surface area contributed by atoms with E-state index in [1.54, 1.807) is 42.5 Å². The number of amides is 4. The number of fused-ring (bicyclic) bond motifs is 1. The SMILES string of the molecule is CCOc1cc(/C=C2/C(=O)NC(=O)N(c3ccccc3)C2=O)cc(I)c1OCc1ccc2ccccc2c1. The Morgan fingerprint density at radius 2 is 1.61 bits per heavy atom. The first-order valence-corrected chi connectivity index (χ1v) is 13.1. The summed E-state index contributed by atoms with van der Waals surface area (Å²) in [6.07, 6.45) is 1.46. The standard InChI is InChI=1S/C30H23IN2O5/c1-2-37-26-17-20(15-24-28(34)32-30(36)33(29(24)35)23-10-4-3-5-11-23)16-25(31)27(26)38-18-19-12-13-21-8-6-7-9-22(21)14-19/h3-17H,2,18H2,1H3,(H,32,34,36)/b24-15-. The van der Waals surface area contributed by atoms with Crippen molar-refractivity contribution in [2.24, 2.45) is 0 Å². The topological polar surface area (TPSA) is 84.9 Å². The number of halogens is 1. The molecule has 5 rings (SSSR count). The Balaban J connectivity index is 1.44. The van der Waals surface area contributed by atoms with Crippen LogP contribution in [0, 0.1) is 3.57 Å². The quantitative estimate of drug-likeness (QED) is 0.154. The second-order valence-electron chi connectivity index (χ2n) is 8.53. The predicted molar refractivity (Wildman–Crippen MR) is 154 cm³/mol. The van der Waals surface area contributed by atoms with Crippen LogP contribution < -0.4 is 19.7 Å². The molecule has 4 aromatic rings. The number of rotatable bonds is 7. The van der Waals surface area contributed by atoms with Gasteiger partial charge in [0.2, 0.25) is 0 Å². The lowest BCUT2D eigenvalue weighted by Crippen LogP contribution is -2.54. The number of ether oxygens (including phenoxy) is 2. The van der Waals surface area contributed by atoms with Crippen LogP contribution in [0.15, 0.2) is 90.5 Å². The van der Waals surface area contributed by atoms with E-state index in [9.17, 15) is 14.4 Å². The molecular formula is C30H23IN2O5. The van der Waals surface area contributed by atoms with E-state index in [1.807, 2.05) is 25.1 Å². The number of nitrogens with one attached hydrogen (secondary N) is 1. The maximum atomic E-state index is 13.2. The van der Waals surface area contributed by atoms with E-state index in [-0.39, 0.29) is 5.57 Å². The van der Waals surface area contributed by atoms with Crippen LogP contribution in [0.2, 0.25) is 0 Å². The van der Waals surface area contributed by atoms with E-state index in [0.717, 1.165) is 24.8 Å². The van der Waals surface area contributed by atoms with Crippen molar-refractivity contribution in [1.82, 2.24) is 5.32 Å². The van der Waals surface area contributed by atoms with Crippen molar-refractivity contribution in [1.29, 1.82) is 0 Å². The van der Waals surface area contributed by atoms with Crippen LogP contribution in [0.1, 0.15) is 18.1 Å². The Morgan fingerprint density at radius 3 is 2.37 bits per heavy atom. The molecule has 0 radical (unpaired) electrons. The molecule has 7 nitrogen and oxygen atoms in total. The number of imide groups is 2. The molecule has 0 unspecified atom stereocenters. The summed E-state index contributed by atoms with van der Waals surface area (Å²) in [5.41, 5.74) is 1.80. The molecule has 190 valence electrons. The molecular weight excluding hydrogens is 595 g/mol. The van der Waals surface area contributed by atoms with Crippen LogP contribution in [-0.2, 0) is 16.2 Å². The Hall–Kier alpha value is -4.18. The van der Waals surface area contributed by atoms with E-state index in [4.69, 9.17) is 9.47 Å². The average molecular weight is 618 g/mol. The lowest BCUT2D eigenvalue weighted by Gasteiger charge is -2.26. The summed E-state index contributed by atoms with van der Waals surface area (Å²) in [5, 5.41) is 4.54. The Kier molecular flexibility index (Phi) is 7.41. The Bertz CT molecular complexity index is 1580. The number of para-hydroxylation sites is 1. The van der Waals surface area contributed by atoms with Gasteiger partial charge in [0.1, 0.15) is 12.2 Å². The fourth-order valence-electron chi connectivity index (χ4n) is 4.19. The van der Waals surface area contributed by atoms with Crippen LogP contribution in [-0.4, -0.2) is 24.5 Å². The number of carbonyl (C=O) groups excluding carboxylic acids is 3. The van der Waals surface area contributed by atoms with Crippen molar-refractivity contribution in [3.05, 3.63) is 105 Å². The smallest absolute Gasteiger partial charge is 0.335 e. The molecule has 1 N–H and O–H groups in total. The molecule has 1 fully saturated rings. The van der Waals surface area contributed by atoms with Gasteiger partial charge in [-0.05, 0) is 87.8 Å². The summed E-state index contributed by atoms with van der Waals surface area (Å²) in [7, 11) is 0. The van der Waals surface area contributed by atoms with Crippen LogP contribution in [0.4, 0.5) is 10.5 Å². The highest BCUT2D eigenvalue weighted by molar-refractivity contribution is 14.1. The van der Waals surface area contributed by atoms with Gasteiger partial charge in [-0.15, -0.1) is 0 Å². The molecule has 1 heterocycles. The normalized spacial score (nSPS) is 14.6. The molecule has 0 saturated carbocycles. The minimum atomic E-state index is -0.787. The van der Waals surface area contributed by atoms with Crippen molar-refractivity contribution in [3.63, 3.8) is 0 Å². The molecule has 0 bridgehead atoms.